The van der Waals surface area contributed by atoms with Crippen molar-refractivity contribution in [3.8, 4) is 11.8 Å². The monoisotopic (exact) mass is 121 g/mol. The summed E-state index contributed by atoms with van der Waals surface area (Å²) in [7, 11) is 0. The van der Waals surface area contributed by atoms with Crippen LogP contribution in [0.25, 0.3) is 0 Å². The van der Waals surface area contributed by atoms with Crippen LogP contribution < -0.4 is 5.32 Å². The van der Waals surface area contributed by atoms with E-state index in [1.165, 1.54) is 19.4 Å². The van der Waals surface area contributed by atoms with Gasteiger partial charge in [0.1, 0.15) is 0 Å². The molecule has 2 aliphatic rings. The molecule has 2 atom stereocenters. The summed E-state index contributed by atoms with van der Waals surface area (Å²) in [6.45, 7) is 1.21. The van der Waals surface area contributed by atoms with Crippen molar-refractivity contribution in [2.24, 2.45) is 5.92 Å². The molecule has 1 aliphatic carbocycles. The van der Waals surface area contributed by atoms with Gasteiger partial charge in [-0.1, -0.05) is 5.92 Å². The smallest absolute Gasteiger partial charge is 0.0369 e. The van der Waals surface area contributed by atoms with Crippen LogP contribution in [0.2, 0.25) is 0 Å². The predicted octanol–water partition coefficient (Wildman–Crippen LogP) is 0.762. The zero-order valence-corrected chi connectivity index (χ0v) is 5.48. The quantitative estimate of drug-likeness (QED) is 0.401. The van der Waals surface area contributed by atoms with E-state index in [-0.39, 0.29) is 0 Å². The van der Waals surface area contributed by atoms with Crippen molar-refractivity contribution in [2.75, 3.05) is 6.54 Å². The highest BCUT2D eigenvalue weighted by molar-refractivity contribution is 5.13. The summed E-state index contributed by atoms with van der Waals surface area (Å²) in [5.74, 6) is 7.13. The Labute approximate surface area is 55.8 Å². The molecule has 1 saturated heterocycles. The summed E-state index contributed by atoms with van der Waals surface area (Å²) < 4.78 is 0. The fourth-order valence-electron chi connectivity index (χ4n) is 1.34. The Hall–Kier alpha value is -0.480. The third-order valence-electron chi connectivity index (χ3n) is 2.03. The molecule has 0 radical (unpaired) electrons. The molecule has 1 nitrogen and oxygen atoms in total. The van der Waals surface area contributed by atoms with Crippen molar-refractivity contribution in [3.63, 3.8) is 0 Å². The van der Waals surface area contributed by atoms with Gasteiger partial charge in [0.25, 0.3) is 0 Å². The average molecular weight is 121 g/mol. The Balaban J connectivity index is 1.99. The van der Waals surface area contributed by atoms with E-state index in [9.17, 15) is 0 Å². The van der Waals surface area contributed by atoms with Gasteiger partial charge in [-0.2, -0.15) is 0 Å². The first-order valence-corrected chi connectivity index (χ1v) is 3.68. The molecule has 0 amide bonds. The molecule has 2 unspecified atom stereocenters. The molecule has 2 rings (SSSR count). The Morgan fingerprint density at radius 3 is 2.89 bits per heavy atom. The third kappa shape index (κ3) is 1.09. The van der Waals surface area contributed by atoms with Crippen LogP contribution in [-0.4, -0.2) is 12.6 Å². The molecule has 1 heteroatoms. The number of nitrogens with one attached hydrogen (secondary N) is 1. The van der Waals surface area contributed by atoms with Gasteiger partial charge in [0.05, 0.1) is 0 Å². The first-order chi connectivity index (χ1) is 4.47. The van der Waals surface area contributed by atoms with Gasteiger partial charge in [-0.25, -0.2) is 0 Å². The SMILES string of the molecule is C1#CC(C2CN2)CCC1. The largest absolute Gasteiger partial charge is 0.310 e. The van der Waals surface area contributed by atoms with Gasteiger partial charge in [-0.05, 0) is 12.8 Å². The second-order valence-corrected chi connectivity index (χ2v) is 2.83. The van der Waals surface area contributed by atoms with Crippen molar-refractivity contribution in [3.05, 3.63) is 0 Å². The molecule has 1 aliphatic heterocycles. The average Bonchev–Trinajstić information content (AvgIpc) is 2.71. The van der Waals surface area contributed by atoms with Crippen LogP contribution in [0.3, 0.4) is 0 Å². The van der Waals surface area contributed by atoms with E-state index in [2.05, 4.69) is 17.2 Å². The Morgan fingerprint density at radius 2 is 2.33 bits per heavy atom. The molecule has 0 saturated carbocycles. The fourth-order valence-corrected chi connectivity index (χ4v) is 1.34. The Kier molecular flexibility index (Phi) is 1.20. The minimum Gasteiger partial charge on any atom is -0.310 e. The minimum atomic E-state index is 0.693. The van der Waals surface area contributed by atoms with Crippen LogP contribution in [0.5, 0.6) is 0 Å². The molecule has 0 aromatic carbocycles. The van der Waals surface area contributed by atoms with Crippen LogP contribution in [0.4, 0.5) is 0 Å². The Morgan fingerprint density at radius 1 is 1.44 bits per heavy atom. The van der Waals surface area contributed by atoms with Crippen LogP contribution in [0, 0.1) is 17.8 Å². The fraction of sp³-hybridized carbons (Fsp3) is 0.750. The first-order valence-electron chi connectivity index (χ1n) is 3.68. The Bertz CT molecular complexity index is 159. The van der Waals surface area contributed by atoms with Crippen LogP contribution in [-0.2, 0) is 0 Å². The van der Waals surface area contributed by atoms with E-state index in [4.69, 9.17) is 0 Å². The number of rotatable bonds is 1. The zero-order valence-electron chi connectivity index (χ0n) is 5.48. The van der Waals surface area contributed by atoms with Crippen LogP contribution in [0.15, 0.2) is 0 Å². The second-order valence-electron chi connectivity index (χ2n) is 2.83. The standard InChI is InChI=1S/C8H11N/c1-2-4-7(5-3-1)8-6-9-8/h7-9H,1-2,4,6H2. The molecule has 1 N–H and O–H groups in total. The summed E-state index contributed by atoms with van der Waals surface area (Å²) in [6.07, 6.45) is 3.77. The van der Waals surface area contributed by atoms with Crippen molar-refractivity contribution >= 4 is 0 Å². The summed E-state index contributed by atoms with van der Waals surface area (Å²) in [5, 5.41) is 3.30. The van der Waals surface area contributed by atoms with Gasteiger partial charge in [-0.15, -0.1) is 5.92 Å². The van der Waals surface area contributed by atoms with E-state index < -0.39 is 0 Å². The van der Waals surface area contributed by atoms with Crippen LogP contribution in [0.1, 0.15) is 19.3 Å². The molecule has 9 heavy (non-hydrogen) atoms. The van der Waals surface area contributed by atoms with Crippen molar-refractivity contribution in [1.29, 1.82) is 0 Å². The third-order valence-corrected chi connectivity index (χ3v) is 2.03. The summed E-state index contributed by atoms with van der Waals surface area (Å²) in [5.41, 5.74) is 0. The number of hydrogen-bond donors (Lipinski definition) is 1. The van der Waals surface area contributed by atoms with E-state index >= 15 is 0 Å². The maximum absolute atomic E-state index is 3.30. The maximum Gasteiger partial charge on any atom is 0.0369 e. The molecule has 0 bridgehead atoms. The molecular formula is C8H11N. The molecule has 0 aromatic rings. The van der Waals surface area contributed by atoms with Crippen molar-refractivity contribution < 1.29 is 0 Å². The van der Waals surface area contributed by atoms with Gasteiger partial charge < -0.3 is 5.32 Å². The van der Waals surface area contributed by atoms with Gasteiger partial charge in [0.15, 0.2) is 0 Å². The van der Waals surface area contributed by atoms with Crippen molar-refractivity contribution in [2.45, 2.75) is 25.3 Å². The highest BCUT2D eigenvalue weighted by Crippen LogP contribution is 2.20. The predicted molar refractivity (Wildman–Crippen MR) is 36.9 cm³/mol. The molecule has 48 valence electrons. The maximum atomic E-state index is 3.30. The zero-order chi connectivity index (χ0) is 6.10. The topological polar surface area (TPSA) is 21.9 Å². The molecule has 1 heterocycles. The highest BCUT2D eigenvalue weighted by Gasteiger charge is 2.29. The van der Waals surface area contributed by atoms with Gasteiger partial charge in [-0.3, -0.25) is 0 Å². The summed E-state index contributed by atoms with van der Waals surface area (Å²) >= 11 is 0. The minimum absolute atomic E-state index is 0.693. The van der Waals surface area contributed by atoms with Gasteiger partial charge in [0.2, 0.25) is 0 Å². The lowest BCUT2D eigenvalue weighted by atomic mass is 9.95. The van der Waals surface area contributed by atoms with E-state index in [1.54, 1.807) is 0 Å². The lowest BCUT2D eigenvalue weighted by Crippen LogP contribution is -2.10. The lowest BCUT2D eigenvalue weighted by Gasteiger charge is -2.09. The second kappa shape index (κ2) is 2.04. The van der Waals surface area contributed by atoms with E-state index in [1.807, 2.05) is 0 Å². The first kappa shape index (κ1) is 5.32. The number of hydrogen-bond acceptors (Lipinski definition) is 1. The van der Waals surface area contributed by atoms with E-state index in [0.717, 1.165) is 12.5 Å². The van der Waals surface area contributed by atoms with E-state index in [0.29, 0.717) is 5.92 Å². The highest BCUT2D eigenvalue weighted by atomic mass is 15.1. The normalized spacial score (nSPS) is 39.1. The molecule has 0 spiro atoms. The summed E-state index contributed by atoms with van der Waals surface area (Å²) in [4.78, 5) is 0. The summed E-state index contributed by atoms with van der Waals surface area (Å²) in [6, 6.07) is 0.762. The lowest BCUT2D eigenvalue weighted by molar-refractivity contribution is 0.559. The van der Waals surface area contributed by atoms with Crippen LogP contribution >= 0.6 is 0 Å². The molecular weight excluding hydrogens is 110 g/mol. The molecule has 1 fully saturated rings. The van der Waals surface area contributed by atoms with Crippen molar-refractivity contribution in [1.82, 2.24) is 5.32 Å². The van der Waals surface area contributed by atoms with Gasteiger partial charge >= 0.3 is 0 Å². The van der Waals surface area contributed by atoms with Gasteiger partial charge in [0, 0.05) is 24.9 Å². The molecule has 0 aromatic heterocycles.